The van der Waals surface area contributed by atoms with E-state index in [-0.39, 0.29) is 29.9 Å². The highest BCUT2D eigenvalue weighted by molar-refractivity contribution is 6.29. The zero-order chi connectivity index (χ0) is 17.8. The molecule has 132 valence electrons. The van der Waals surface area contributed by atoms with E-state index in [9.17, 15) is 9.18 Å². The number of ether oxygens (including phenoxy) is 1. The lowest BCUT2D eigenvalue weighted by atomic mass is 10.2. The molecule has 3 rings (SSSR count). The van der Waals surface area contributed by atoms with Crippen LogP contribution in [-0.4, -0.2) is 36.5 Å². The molecule has 0 aliphatic heterocycles. The standard InChI is InChI=1S/C17H20FN5O2/c1-20-22-7-12(19)9-25-16-6-15-11(5-14(16)18)4-13(23-15)8-21-17(24)10-2-3-10/h4-7,10,19-20,23H,2-3,8-9H2,1H3,(H,21,24)/b19-12?,22-7-. The Labute approximate surface area is 144 Å². The smallest absolute Gasteiger partial charge is 0.223 e. The fourth-order valence-electron chi connectivity index (χ4n) is 2.41. The van der Waals surface area contributed by atoms with Crippen molar-refractivity contribution in [1.29, 1.82) is 5.41 Å². The molecule has 1 aliphatic carbocycles. The van der Waals surface area contributed by atoms with Crippen LogP contribution in [0.3, 0.4) is 0 Å². The third kappa shape index (κ3) is 4.34. The van der Waals surface area contributed by atoms with Crippen molar-refractivity contribution in [3.63, 3.8) is 0 Å². The van der Waals surface area contributed by atoms with Crippen molar-refractivity contribution in [1.82, 2.24) is 15.7 Å². The Morgan fingerprint density at radius 1 is 1.48 bits per heavy atom. The van der Waals surface area contributed by atoms with Crippen molar-refractivity contribution in [2.75, 3.05) is 13.7 Å². The predicted octanol–water partition coefficient (Wildman–Crippen LogP) is 1.94. The van der Waals surface area contributed by atoms with Gasteiger partial charge < -0.3 is 25.9 Å². The van der Waals surface area contributed by atoms with Gasteiger partial charge in [0, 0.05) is 35.6 Å². The first kappa shape index (κ1) is 16.9. The van der Waals surface area contributed by atoms with Crippen LogP contribution in [0.2, 0.25) is 0 Å². The van der Waals surface area contributed by atoms with E-state index in [0.29, 0.717) is 17.4 Å². The largest absolute Gasteiger partial charge is 0.484 e. The maximum atomic E-state index is 14.1. The van der Waals surface area contributed by atoms with Crippen molar-refractivity contribution >= 4 is 28.7 Å². The van der Waals surface area contributed by atoms with Crippen molar-refractivity contribution < 1.29 is 13.9 Å². The Bertz CT molecular complexity index is 826. The van der Waals surface area contributed by atoms with Gasteiger partial charge in [-0.2, -0.15) is 5.10 Å². The third-order valence-corrected chi connectivity index (χ3v) is 3.86. The van der Waals surface area contributed by atoms with Crippen LogP contribution in [0.5, 0.6) is 5.75 Å². The molecule has 1 heterocycles. The number of hydrogen-bond donors (Lipinski definition) is 4. The van der Waals surface area contributed by atoms with Crippen LogP contribution >= 0.6 is 0 Å². The predicted molar refractivity (Wildman–Crippen MR) is 93.6 cm³/mol. The molecule has 4 N–H and O–H groups in total. The van der Waals surface area contributed by atoms with Crippen molar-refractivity contribution in [2.24, 2.45) is 11.0 Å². The molecule has 2 aromatic rings. The second-order valence-electron chi connectivity index (χ2n) is 5.95. The number of halogens is 1. The summed E-state index contributed by atoms with van der Waals surface area (Å²) in [6.45, 7) is 0.297. The first-order valence-corrected chi connectivity index (χ1v) is 8.05. The monoisotopic (exact) mass is 345 g/mol. The van der Waals surface area contributed by atoms with Gasteiger partial charge in [-0.1, -0.05) is 0 Å². The van der Waals surface area contributed by atoms with E-state index in [1.54, 1.807) is 19.2 Å². The second kappa shape index (κ2) is 7.33. The number of carbonyl (C=O) groups is 1. The number of H-pyrrole nitrogens is 1. The summed E-state index contributed by atoms with van der Waals surface area (Å²) >= 11 is 0. The van der Waals surface area contributed by atoms with Crippen molar-refractivity contribution in [2.45, 2.75) is 19.4 Å². The third-order valence-electron chi connectivity index (χ3n) is 3.86. The molecule has 0 spiro atoms. The van der Waals surface area contributed by atoms with Gasteiger partial charge in [0.2, 0.25) is 5.91 Å². The van der Waals surface area contributed by atoms with Crippen LogP contribution in [0.4, 0.5) is 4.39 Å². The minimum absolute atomic E-state index is 0.0607. The normalized spacial score (nSPS) is 14.0. The molecule has 1 aliphatic rings. The van der Waals surface area contributed by atoms with Gasteiger partial charge in [0.15, 0.2) is 11.6 Å². The summed E-state index contributed by atoms with van der Waals surface area (Å²) in [4.78, 5) is 14.8. The highest BCUT2D eigenvalue weighted by Crippen LogP contribution is 2.29. The SMILES string of the molecule is CN/N=C\C(=N)COc1cc2[nH]c(CNC(=O)C3CC3)cc2cc1F. The number of aromatic nitrogens is 1. The van der Waals surface area contributed by atoms with Gasteiger partial charge in [-0.25, -0.2) is 4.39 Å². The van der Waals surface area contributed by atoms with E-state index in [1.807, 2.05) is 0 Å². The van der Waals surface area contributed by atoms with Crippen LogP contribution in [0.1, 0.15) is 18.5 Å². The molecule has 1 aromatic heterocycles. The Hall–Kier alpha value is -2.90. The molecule has 1 aromatic carbocycles. The molecule has 8 heteroatoms. The summed E-state index contributed by atoms with van der Waals surface area (Å²) in [6.07, 6.45) is 3.21. The van der Waals surface area contributed by atoms with Crippen LogP contribution in [0, 0.1) is 17.1 Å². The van der Waals surface area contributed by atoms with E-state index >= 15 is 0 Å². The van der Waals surface area contributed by atoms with Gasteiger partial charge in [0.25, 0.3) is 0 Å². The summed E-state index contributed by atoms with van der Waals surface area (Å²) in [5.41, 5.74) is 4.16. The van der Waals surface area contributed by atoms with Gasteiger partial charge in [0.1, 0.15) is 6.61 Å². The van der Waals surface area contributed by atoms with Crippen molar-refractivity contribution in [3.05, 3.63) is 29.7 Å². The zero-order valence-corrected chi connectivity index (χ0v) is 13.9. The average molecular weight is 345 g/mol. The fraction of sp³-hybridized carbons (Fsp3) is 0.353. The van der Waals surface area contributed by atoms with Crippen LogP contribution < -0.4 is 15.5 Å². The van der Waals surface area contributed by atoms with Gasteiger partial charge in [-0.05, 0) is 25.0 Å². The molecule has 1 fully saturated rings. The number of benzene rings is 1. The quantitative estimate of drug-likeness (QED) is 0.434. The summed E-state index contributed by atoms with van der Waals surface area (Å²) in [5, 5.41) is 14.9. The average Bonchev–Trinajstić information content (AvgIpc) is 3.37. The van der Waals surface area contributed by atoms with E-state index in [4.69, 9.17) is 10.1 Å². The first-order chi connectivity index (χ1) is 12.1. The van der Waals surface area contributed by atoms with Gasteiger partial charge >= 0.3 is 0 Å². The molecule has 0 saturated heterocycles. The van der Waals surface area contributed by atoms with Crippen LogP contribution in [-0.2, 0) is 11.3 Å². The lowest BCUT2D eigenvalue weighted by Gasteiger charge is -2.06. The highest BCUT2D eigenvalue weighted by Gasteiger charge is 2.29. The number of hydrazone groups is 1. The fourth-order valence-corrected chi connectivity index (χ4v) is 2.41. The Morgan fingerprint density at radius 2 is 2.28 bits per heavy atom. The number of nitrogens with zero attached hydrogens (tertiary/aromatic N) is 1. The lowest BCUT2D eigenvalue weighted by molar-refractivity contribution is -0.122. The molecular weight excluding hydrogens is 325 g/mol. The first-order valence-electron chi connectivity index (χ1n) is 8.05. The Kier molecular flexibility index (Phi) is 4.97. The molecule has 1 saturated carbocycles. The minimum atomic E-state index is -0.501. The minimum Gasteiger partial charge on any atom is -0.484 e. The second-order valence-corrected chi connectivity index (χ2v) is 5.95. The Balaban J connectivity index is 1.66. The van der Waals surface area contributed by atoms with E-state index < -0.39 is 5.82 Å². The van der Waals surface area contributed by atoms with Gasteiger partial charge in [0.05, 0.1) is 18.5 Å². The van der Waals surface area contributed by atoms with Gasteiger partial charge in [-0.15, -0.1) is 0 Å². The zero-order valence-electron chi connectivity index (χ0n) is 13.9. The molecule has 0 atom stereocenters. The molecule has 1 amide bonds. The molecule has 7 nitrogen and oxygen atoms in total. The number of carbonyl (C=O) groups excluding carboxylic acids is 1. The Morgan fingerprint density at radius 3 is 3.00 bits per heavy atom. The molecular formula is C17H20FN5O2. The number of amides is 1. The highest BCUT2D eigenvalue weighted by atomic mass is 19.1. The van der Waals surface area contributed by atoms with E-state index in [0.717, 1.165) is 18.5 Å². The van der Waals surface area contributed by atoms with Gasteiger partial charge in [-0.3, -0.25) is 4.79 Å². The number of aromatic amines is 1. The van der Waals surface area contributed by atoms with Crippen LogP contribution in [0.25, 0.3) is 10.9 Å². The summed E-state index contributed by atoms with van der Waals surface area (Å²) in [5.74, 6) is -0.219. The number of nitrogens with one attached hydrogen (secondary N) is 4. The molecule has 0 bridgehead atoms. The lowest BCUT2D eigenvalue weighted by Crippen LogP contribution is -2.24. The summed E-state index contributed by atoms with van der Waals surface area (Å²) in [6, 6.07) is 4.73. The topological polar surface area (TPSA) is 102 Å². The van der Waals surface area contributed by atoms with E-state index in [2.05, 4.69) is 20.8 Å². The number of hydrogen-bond acceptors (Lipinski definition) is 5. The number of rotatable bonds is 8. The van der Waals surface area contributed by atoms with E-state index in [1.165, 1.54) is 12.3 Å². The summed E-state index contributed by atoms with van der Waals surface area (Å²) in [7, 11) is 1.62. The maximum absolute atomic E-state index is 14.1. The molecule has 25 heavy (non-hydrogen) atoms. The van der Waals surface area contributed by atoms with Crippen molar-refractivity contribution in [3.8, 4) is 5.75 Å². The molecule has 0 unspecified atom stereocenters. The maximum Gasteiger partial charge on any atom is 0.223 e. The number of fused-ring (bicyclic) bond motifs is 1. The summed E-state index contributed by atoms with van der Waals surface area (Å²) < 4.78 is 19.5. The van der Waals surface area contributed by atoms with Crippen LogP contribution in [0.15, 0.2) is 23.3 Å². The molecule has 0 radical (unpaired) electrons.